The van der Waals surface area contributed by atoms with Gasteiger partial charge in [-0.2, -0.15) is 0 Å². The van der Waals surface area contributed by atoms with Crippen LogP contribution in [0.1, 0.15) is 50.3 Å². The van der Waals surface area contributed by atoms with Crippen molar-refractivity contribution in [3.63, 3.8) is 0 Å². The summed E-state index contributed by atoms with van der Waals surface area (Å²) in [4.78, 5) is 0. The summed E-state index contributed by atoms with van der Waals surface area (Å²) in [6.07, 6.45) is 0.796. The maximum absolute atomic E-state index is 13.6. The number of methoxy groups -OCH3 is 1. The summed E-state index contributed by atoms with van der Waals surface area (Å²) in [5, 5.41) is 0. The molecule has 0 aliphatic carbocycles. The molecule has 28 heavy (non-hydrogen) atoms. The summed E-state index contributed by atoms with van der Waals surface area (Å²) in [7, 11) is 1.64. The molecule has 1 aliphatic rings. The Morgan fingerprint density at radius 2 is 1.86 bits per heavy atom. The lowest BCUT2D eigenvalue weighted by Crippen LogP contribution is -2.25. The molecular weight excluding hydrogens is 379 g/mol. The third-order valence-electron chi connectivity index (χ3n) is 5.02. The molecule has 3 nitrogen and oxygen atoms in total. The van der Waals surface area contributed by atoms with Crippen LogP contribution in [0.4, 0.5) is 4.39 Å². The van der Waals surface area contributed by atoms with Gasteiger partial charge in [-0.05, 0) is 48.6 Å². The molecule has 5 heteroatoms. The van der Waals surface area contributed by atoms with E-state index in [1.807, 2.05) is 0 Å². The van der Waals surface area contributed by atoms with Crippen molar-refractivity contribution in [1.82, 2.24) is 0 Å². The van der Waals surface area contributed by atoms with Crippen LogP contribution in [-0.4, -0.2) is 25.9 Å². The van der Waals surface area contributed by atoms with Gasteiger partial charge in [-0.25, -0.2) is 4.39 Å². The van der Waals surface area contributed by atoms with Crippen LogP contribution < -0.4 is 9.47 Å². The predicted octanol–water partition coefficient (Wildman–Crippen LogP) is 6.09. The van der Waals surface area contributed by atoms with E-state index in [0.29, 0.717) is 24.8 Å². The van der Waals surface area contributed by atoms with E-state index in [2.05, 4.69) is 27.7 Å². The lowest BCUT2D eigenvalue weighted by molar-refractivity contribution is 0.122. The summed E-state index contributed by atoms with van der Waals surface area (Å²) in [6.45, 7) is 9.34. The highest BCUT2D eigenvalue weighted by Gasteiger charge is 2.38. The van der Waals surface area contributed by atoms with E-state index in [-0.39, 0.29) is 17.3 Å². The molecule has 1 aliphatic heterocycles. The molecule has 0 radical (unpaired) electrons. The van der Waals surface area contributed by atoms with Crippen LogP contribution in [0.2, 0.25) is 0 Å². The Kier molecular flexibility index (Phi) is 6.21. The molecule has 2 aromatic rings. The second-order valence-corrected chi connectivity index (χ2v) is 8.35. The molecule has 0 amide bonds. The van der Waals surface area contributed by atoms with Crippen LogP contribution >= 0.6 is 11.6 Å². The summed E-state index contributed by atoms with van der Waals surface area (Å²) in [6, 6.07) is 6.44. The smallest absolute Gasteiger partial charge is 0.169 e. The van der Waals surface area contributed by atoms with E-state index in [4.69, 9.17) is 25.8 Å². The first-order chi connectivity index (χ1) is 13.3. The van der Waals surface area contributed by atoms with Crippen LogP contribution in [0.15, 0.2) is 24.3 Å². The number of hydrogen-bond donors (Lipinski definition) is 0. The van der Waals surface area contributed by atoms with Gasteiger partial charge in [0.1, 0.15) is 18.0 Å². The molecular formula is C23H28ClFO3. The number of fused-ring (bicyclic) bond motifs is 1. The highest BCUT2D eigenvalue weighted by Crippen LogP contribution is 2.53. The van der Waals surface area contributed by atoms with Crippen molar-refractivity contribution >= 4 is 11.6 Å². The van der Waals surface area contributed by atoms with E-state index >= 15 is 0 Å². The van der Waals surface area contributed by atoms with Gasteiger partial charge >= 0.3 is 0 Å². The highest BCUT2D eigenvalue weighted by molar-refractivity contribution is 6.17. The molecule has 0 aromatic heterocycles. The largest absolute Gasteiger partial charge is 0.487 e. The molecule has 152 valence electrons. The van der Waals surface area contributed by atoms with Gasteiger partial charge in [0.05, 0.1) is 6.61 Å². The summed E-state index contributed by atoms with van der Waals surface area (Å²) in [5.74, 6) is 1.78. The fourth-order valence-electron chi connectivity index (χ4n) is 3.97. The van der Waals surface area contributed by atoms with E-state index in [9.17, 15) is 4.39 Å². The van der Waals surface area contributed by atoms with Crippen molar-refractivity contribution in [2.24, 2.45) is 0 Å². The number of hydrogen-bond acceptors (Lipinski definition) is 3. The van der Waals surface area contributed by atoms with Crippen LogP contribution in [-0.2, 0) is 17.0 Å². The van der Waals surface area contributed by atoms with Gasteiger partial charge in [0.15, 0.2) is 11.5 Å². The Balaban J connectivity index is 2.31. The number of alkyl halides is 1. The minimum atomic E-state index is -0.323. The molecule has 0 spiro atoms. The van der Waals surface area contributed by atoms with Crippen LogP contribution in [0.25, 0.3) is 11.1 Å². The molecule has 0 saturated carbocycles. The Hall–Kier alpha value is -1.78. The molecule has 0 atom stereocenters. The van der Waals surface area contributed by atoms with Crippen molar-refractivity contribution in [3.05, 3.63) is 46.8 Å². The number of halogens is 2. The summed E-state index contributed by atoms with van der Waals surface area (Å²) in [5.41, 5.74) is 4.81. The average Bonchev–Trinajstić information content (AvgIpc) is 2.96. The Morgan fingerprint density at radius 1 is 1.18 bits per heavy atom. The van der Waals surface area contributed by atoms with Gasteiger partial charge < -0.3 is 14.2 Å². The highest BCUT2D eigenvalue weighted by atomic mass is 35.5. The maximum atomic E-state index is 13.6. The third-order valence-corrected chi connectivity index (χ3v) is 5.29. The average molecular weight is 407 g/mol. The van der Waals surface area contributed by atoms with E-state index < -0.39 is 0 Å². The normalized spacial score (nSPS) is 14.9. The lowest BCUT2D eigenvalue weighted by atomic mass is 9.84. The molecule has 1 heterocycles. The third kappa shape index (κ3) is 3.99. The van der Waals surface area contributed by atoms with Gasteiger partial charge in [0, 0.05) is 30.5 Å². The van der Waals surface area contributed by atoms with Gasteiger partial charge in [-0.15, -0.1) is 11.6 Å². The SMILES string of the molecule is COCCOc1c2c(c(C(C)C)c(CCl)c1-c1ccc(F)cc1)CC(C)(C)O2. The molecule has 0 N–H and O–H groups in total. The van der Waals surface area contributed by atoms with Gasteiger partial charge in [0.2, 0.25) is 0 Å². The Labute approximate surface area is 171 Å². The second kappa shape index (κ2) is 8.30. The molecule has 3 rings (SSSR count). The maximum Gasteiger partial charge on any atom is 0.169 e. The quantitative estimate of drug-likeness (QED) is 0.411. The van der Waals surface area contributed by atoms with Crippen LogP contribution in [0.3, 0.4) is 0 Å². The zero-order valence-corrected chi connectivity index (χ0v) is 18.0. The van der Waals surface area contributed by atoms with Crippen molar-refractivity contribution < 1.29 is 18.6 Å². The van der Waals surface area contributed by atoms with Crippen LogP contribution in [0, 0.1) is 5.82 Å². The molecule has 0 bridgehead atoms. The fourth-order valence-corrected chi connectivity index (χ4v) is 4.25. The van der Waals surface area contributed by atoms with Crippen molar-refractivity contribution in [1.29, 1.82) is 0 Å². The Morgan fingerprint density at radius 3 is 2.43 bits per heavy atom. The minimum absolute atomic E-state index is 0.271. The molecule has 0 unspecified atom stereocenters. The number of rotatable bonds is 7. The lowest BCUT2D eigenvalue weighted by Gasteiger charge is -2.24. The molecule has 2 aromatic carbocycles. The van der Waals surface area contributed by atoms with Gasteiger partial charge in [-0.3, -0.25) is 0 Å². The first-order valence-electron chi connectivity index (χ1n) is 9.63. The molecule has 0 saturated heterocycles. The fraction of sp³-hybridized carbons (Fsp3) is 0.478. The Bertz CT molecular complexity index is 844. The topological polar surface area (TPSA) is 27.7 Å². The standard InChI is InChI=1S/C23H28ClFO3/c1-14(2)19-17-12-23(3,4)28-21(17)22(27-11-10-26-5)20(18(19)13-24)15-6-8-16(25)9-7-15/h6-9,14H,10-13H2,1-5H3. The number of ether oxygens (including phenoxy) is 3. The first-order valence-corrected chi connectivity index (χ1v) is 10.2. The summed E-state index contributed by atoms with van der Waals surface area (Å²) < 4.78 is 31.2. The van der Waals surface area contributed by atoms with Crippen LogP contribution in [0.5, 0.6) is 11.5 Å². The van der Waals surface area contributed by atoms with Gasteiger partial charge in [0.25, 0.3) is 0 Å². The second-order valence-electron chi connectivity index (χ2n) is 8.08. The van der Waals surface area contributed by atoms with Crippen molar-refractivity contribution in [2.75, 3.05) is 20.3 Å². The monoisotopic (exact) mass is 406 g/mol. The zero-order chi connectivity index (χ0) is 20.5. The van der Waals surface area contributed by atoms with E-state index in [0.717, 1.165) is 34.4 Å². The van der Waals surface area contributed by atoms with Gasteiger partial charge in [-0.1, -0.05) is 26.0 Å². The van der Waals surface area contributed by atoms with Crippen molar-refractivity contribution in [2.45, 2.75) is 51.5 Å². The van der Waals surface area contributed by atoms with E-state index in [1.165, 1.54) is 17.7 Å². The zero-order valence-electron chi connectivity index (χ0n) is 17.2. The number of benzene rings is 2. The van der Waals surface area contributed by atoms with E-state index in [1.54, 1.807) is 19.2 Å². The van der Waals surface area contributed by atoms with Crippen molar-refractivity contribution in [3.8, 4) is 22.6 Å². The predicted molar refractivity (Wildman–Crippen MR) is 111 cm³/mol. The first kappa shape index (κ1) is 20.9. The summed E-state index contributed by atoms with van der Waals surface area (Å²) >= 11 is 6.47. The molecule has 0 fully saturated rings. The minimum Gasteiger partial charge on any atom is -0.487 e.